The molecule has 2 rings (SSSR count). The summed E-state index contributed by atoms with van der Waals surface area (Å²) >= 11 is 1.04. The largest absolute Gasteiger partial charge is 0.465 e. The van der Waals surface area contributed by atoms with E-state index >= 15 is 0 Å². The number of rotatable bonds is 8. The Labute approximate surface area is 161 Å². The number of thioether (sulfide) groups is 1. The van der Waals surface area contributed by atoms with Crippen LogP contribution >= 0.6 is 11.8 Å². The van der Waals surface area contributed by atoms with Crippen molar-refractivity contribution in [1.29, 1.82) is 0 Å². The van der Waals surface area contributed by atoms with Crippen molar-refractivity contribution in [3.8, 4) is 0 Å². The Bertz CT molecular complexity index is 852. The van der Waals surface area contributed by atoms with Crippen molar-refractivity contribution in [2.45, 2.75) is 37.8 Å². The van der Waals surface area contributed by atoms with E-state index in [2.05, 4.69) is 27.4 Å². The average molecular weight is 389 g/mol. The van der Waals surface area contributed by atoms with Crippen molar-refractivity contribution in [2.24, 2.45) is 0 Å². The maximum absolute atomic E-state index is 12.2. The maximum atomic E-state index is 12.2. The quantitative estimate of drug-likeness (QED) is 0.407. The molecule has 27 heavy (non-hydrogen) atoms. The molecule has 144 valence electrons. The molecule has 2 N–H and O–H groups in total. The molecule has 0 spiro atoms. The van der Waals surface area contributed by atoms with E-state index in [0.29, 0.717) is 5.69 Å². The van der Waals surface area contributed by atoms with E-state index in [9.17, 15) is 14.4 Å². The van der Waals surface area contributed by atoms with Crippen LogP contribution in [0.3, 0.4) is 0 Å². The molecule has 2 aromatic rings. The van der Waals surface area contributed by atoms with Crippen LogP contribution in [0, 0.1) is 6.92 Å². The fourth-order valence-electron chi connectivity index (χ4n) is 2.56. The molecular formula is C19H23N3O4S. The highest BCUT2D eigenvalue weighted by Crippen LogP contribution is 2.21. The third-order valence-electron chi connectivity index (χ3n) is 3.93. The van der Waals surface area contributed by atoms with Crippen molar-refractivity contribution in [1.82, 2.24) is 15.3 Å². The number of aromatic amines is 1. The number of H-pyrrole nitrogens is 1. The summed E-state index contributed by atoms with van der Waals surface area (Å²) in [5.41, 5.74) is 1.19. The smallest absolute Gasteiger partial charge is 0.346 e. The molecule has 1 aromatic carbocycles. The first-order valence-corrected chi connectivity index (χ1v) is 9.54. The highest BCUT2D eigenvalue weighted by Gasteiger charge is 2.19. The number of hydrogen-bond donors (Lipinski definition) is 2. The monoisotopic (exact) mass is 389 g/mol. The summed E-state index contributed by atoms with van der Waals surface area (Å²) in [6.07, 6.45) is 1.69. The Morgan fingerprint density at radius 2 is 2.00 bits per heavy atom. The zero-order valence-corrected chi connectivity index (χ0v) is 16.4. The number of methoxy groups -OCH3 is 1. The number of nitrogens with zero attached hydrogens (tertiary/aromatic N) is 1. The summed E-state index contributed by atoms with van der Waals surface area (Å²) in [4.78, 5) is 42.0. The highest BCUT2D eigenvalue weighted by atomic mass is 32.2. The molecule has 0 aliphatic heterocycles. The van der Waals surface area contributed by atoms with Crippen LogP contribution in [0.5, 0.6) is 0 Å². The van der Waals surface area contributed by atoms with Gasteiger partial charge in [-0.1, -0.05) is 42.1 Å². The second kappa shape index (κ2) is 9.91. The molecule has 8 heteroatoms. The summed E-state index contributed by atoms with van der Waals surface area (Å²) in [7, 11) is 1.25. The molecule has 1 aromatic heterocycles. The number of aryl methyl sites for hydroxylation is 2. The van der Waals surface area contributed by atoms with E-state index in [4.69, 9.17) is 4.74 Å². The maximum Gasteiger partial charge on any atom is 0.346 e. The predicted molar refractivity (Wildman–Crippen MR) is 104 cm³/mol. The molecule has 7 nitrogen and oxygen atoms in total. The minimum Gasteiger partial charge on any atom is -0.465 e. The van der Waals surface area contributed by atoms with Crippen LogP contribution in [0.25, 0.3) is 0 Å². The summed E-state index contributed by atoms with van der Waals surface area (Å²) < 4.78 is 4.73. The highest BCUT2D eigenvalue weighted by molar-refractivity contribution is 8.00. The standard InChI is InChI=1S/C19H23N3O4S/c1-12(9-10-14-7-5-4-6-8-14)20-15(23)11-27-17-16(18(24)26-3)13(2)21-19(25)22-17/h4-8,12H,9-11H2,1-3H3,(H,20,23)(H,21,22,25). The Hall–Kier alpha value is -2.61. The number of nitrogens with one attached hydrogen (secondary N) is 2. The SMILES string of the molecule is COC(=O)c1c(SCC(=O)NC(C)CCc2ccccc2)nc(=O)[nH]c1C. The fraction of sp³-hybridized carbons (Fsp3) is 0.368. The van der Waals surface area contributed by atoms with E-state index in [1.165, 1.54) is 12.7 Å². The van der Waals surface area contributed by atoms with Crippen LogP contribution in [-0.4, -0.2) is 40.7 Å². The molecule has 1 atom stereocenters. The zero-order valence-electron chi connectivity index (χ0n) is 15.6. The molecule has 0 aliphatic rings. The second-order valence-corrected chi connectivity index (χ2v) is 7.08. The molecule has 0 saturated heterocycles. The summed E-state index contributed by atoms with van der Waals surface area (Å²) in [6.45, 7) is 3.53. The van der Waals surface area contributed by atoms with Crippen LogP contribution in [0.4, 0.5) is 0 Å². The third kappa shape index (κ3) is 6.25. The Morgan fingerprint density at radius 1 is 1.30 bits per heavy atom. The van der Waals surface area contributed by atoms with Gasteiger partial charge in [0.05, 0.1) is 12.9 Å². The van der Waals surface area contributed by atoms with E-state index in [1.54, 1.807) is 6.92 Å². The summed E-state index contributed by atoms with van der Waals surface area (Å²) in [6, 6.07) is 10.1. The Kier molecular flexibility index (Phi) is 7.60. The number of benzene rings is 1. The molecular weight excluding hydrogens is 366 g/mol. The first-order chi connectivity index (χ1) is 12.9. The lowest BCUT2D eigenvalue weighted by Gasteiger charge is -2.14. The van der Waals surface area contributed by atoms with E-state index < -0.39 is 11.7 Å². The Balaban J connectivity index is 1.91. The van der Waals surface area contributed by atoms with Crippen LogP contribution in [0.2, 0.25) is 0 Å². The number of amides is 1. The second-order valence-electron chi connectivity index (χ2n) is 6.12. The molecule has 0 saturated carbocycles. The molecule has 1 heterocycles. The van der Waals surface area contributed by atoms with Gasteiger partial charge in [-0.3, -0.25) is 4.79 Å². The Morgan fingerprint density at radius 3 is 2.67 bits per heavy atom. The lowest BCUT2D eigenvalue weighted by molar-refractivity contribution is -0.119. The van der Waals surface area contributed by atoms with E-state index in [0.717, 1.165) is 24.6 Å². The number of esters is 1. The summed E-state index contributed by atoms with van der Waals surface area (Å²) in [5.74, 6) is -0.734. The van der Waals surface area contributed by atoms with Crippen LogP contribution in [0.15, 0.2) is 40.2 Å². The molecule has 0 radical (unpaired) electrons. The lowest BCUT2D eigenvalue weighted by Crippen LogP contribution is -2.34. The normalized spacial score (nSPS) is 11.7. The number of carbonyl (C=O) groups is 2. The number of carbonyl (C=O) groups excluding carboxylic acids is 2. The van der Waals surface area contributed by atoms with Crippen molar-refractivity contribution < 1.29 is 14.3 Å². The van der Waals surface area contributed by atoms with Gasteiger partial charge in [0.1, 0.15) is 10.6 Å². The van der Waals surface area contributed by atoms with Gasteiger partial charge in [-0.05, 0) is 32.3 Å². The fourth-order valence-corrected chi connectivity index (χ4v) is 3.44. The minimum atomic E-state index is -0.601. The van der Waals surface area contributed by atoms with Crippen molar-refractivity contribution in [3.63, 3.8) is 0 Å². The number of ether oxygens (including phenoxy) is 1. The number of aromatic nitrogens is 2. The minimum absolute atomic E-state index is 0.00672. The van der Waals surface area contributed by atoms with Gasteiger partial charge in [0.15, 0.2) is 0 Å². The summed E-state index contributed by atoms with van der Waals surface area (Å²) in [5, 5.41) is 3.11. The third-order valence-corrected chi connectivity index (χ3v) is 4.91. The number of hydrogen-bond acceptors (Lipinski definition) is 6. The van der Waals surface area contributed by atoms with Crippen LogP contribution < -0.4 is 11.0 Å². The van der Waals surface area contributed by atoms with Gasteiger partial charge >= 0.3 is 11.7 Å². The zero-order chi connectivity index (χ0) is 19.8. The van der Waals surface area contributed by atoms with E-state index in [-0.39, 0.29) is 28.3 Å². The van der Waals surface area contributed by atoms with E-state index in [1.807, 2.05) is 25.1 Å². The van der Waals surface area contributed by atoms with Crippen molar-refractivity contribution >= 4 is 23.6 Å². The van der Waals surface area contributed by atoms with Gasteiger partial charge in [-0.15, -0.1) is 0 Å². The molecule has 0 fully saturated rings. The lowest BCUT2D eigenvalue weighted by atomic mass is 10.1. The van der Waals surface area contributed by atoms with Gasteiger partial charge in [-0.2, -0.15) is 4.98 Å². The van der Waals surface area contributed by atoms with Gasteiger partial charge in [0.2, 0.25) is 5.91 Å². The predicted octanol–water partition coefficient (Wildman–Crippen LogP) is 2.09. The topological polar surface area (TPSA) is 101 Å². The van der Waals surface area contributed by atoms with Crippen molar-refractivity contribution in [3.05, 3.63) is 57.6 Å². The van der Waals surface area contributed by atoms with Gasteiger partial charge in [-0.25, -0.2) is 9.59 Å². The molecule has 1 unspecified atom stereocenters. The first-order valence-electron chi connectivity index (χ1n) is 8.56. The molecule has 1 amide bonds. The first kappa shape index (κ1) is 20.7. The molecule has 0 aliphatic carbocycles. The van der Waals surface area contributed by atoms with Crippen LogP contribution in [0.1, 0.15) is 35.0 Å². The van der Waals surface area contributed by atoms with Crippen LogP contribution in [-0.2, 0) is 16.0 Å². The average Bonchev–Trinajstić information content (AvgIpc) is 2.64. The van der Waals surface area contributed by atoms with Gasteiger partial charge < -0.3 is 15.0 Å². The van der Waals surface area contributed by atoms with Gasteiger partial charge in [0, 0.05) is 11.7 Å². The van der Waals surface area contributed by atoms with Crippen molar-refractivity contribution in [2.75, 3.05) is 12.9 Å². The molecule has 0 bridgehead atoms. The van der Waals surface area contributed by atoms with Gasteiger partial charge in [0.25, 0.3) is 0 Å².